The van der Waals surface area contributed by atoms with Gasteiger partial charge in [-0.05, 0) is 56.3 Å². The van der Waals surface area contributed by atoms with E-state index in [9.17, 15) is 9.60 Å². The van der Waals surface area contributed by atoms with Gasteiger partial charge in [0.2, 0.25) is 5.82 Å². The Balaban J connectivity index is 0.00000242. The van der Waals surface area contributed by atoms with E-state index >= 15 is 0 Å². The fourth-order valence-corrected chi connectivity index (χ4v) is 2.53. The summed E-state index contributed by atoms with van der Waals surface area (Å²) in [5.74, 6) is -0.0294. The van der Waals surface area contributed by atoms with Crippen molar-refractivity contribution in [1.29, 1.82) is 0 Å². The molecule has 0 fully saturated rings. The minimum absolute atomic E-state index is 0.0590. The van der Waals surface area contributed by atoms with Gasteiger partial charge in [-0.15, -0.1) is 13.2 Å². The number of aromatic nitrogens is 2. The van der Waals surface area contributed by atoms with Crippen molar-refractivity contribution >= 4 is 61.7 Å². The molecular weight excluding hydrogens is 612 g/mol. The summed E-state index contributed by atoms with van der Waals surface area (Å²) in [5, 5.41) is 29.0. The molecule has 0 aliphatic carbocycles. The first-order valence-corrected chi connectivity index (χ1v) is 12.1. The quantitative estimate of drug-likeness (QED) is 0.0406. The van der Waals surface area contributed by atoms with Crippen LogP contribution in [0.1, 0.15) is 12.6 Å². The number of benzene rings is 1. The van der Waals surface area contributed by atoms with Gasteiger partial charge in [-0.3, -0.25) is 26.4 Å². The summed E-state index contributed by atoms with van der Waals surface area (Å²) in [5.41, 5.74) is 5.05. The molecule has 0 radical (unpaired) electrons. The fourth-order valence-electron chi connectivity index (χ4n) is 2.16. The molecule has 0 atom stereocenters. The number of hydroxylamine groups is 2. The number of amidine groups is 2. The lowest BCUT2D eigenvalue weighted by molar-refractivity contribution is 0.234. The first kappa shape index (κ1) is 30.4. The van der Waals surface area contributed by atoms with Crippen molar-refractivity contribution in [2.45, 2.75) is 6.92 Å². The number of hydrogen-bond donors (Lipinski definition) is 5. The molecule has 1 aromatic carbocycles. The van der Waals surface area contributed by atoms with Crippen LogP contribution >= 0.6 is 38.5 Å². The second kappa shape index (κ2) is 17.9. The van der Waals surface area contributed by atoms with Crippen LogP contribution in [0.2, 0.25) is 0 Å². The number of alkyl halides is 1. The third-order valence-corrected chi connectivity index (χ3v) is 4.15. The van der Waals surface area contributed by atoms with Crippen LogP contribution in [0.3, 0.4) is 0 Å². The third kappa shape index (κ3) is 9.81. The Labute approximate surface area is 213 Å². The van der Waals surface area contributed by atoms with Crippen LogP contribution in [-0.4, -0.2) is 50.4 Å². The van der Waals surface area contributed by atoms with Crippen LogP contribution in [0.4, 0.5) is 15.9 Å². The highest BCUT2D eigenvalue weighted by Crippen LogP contribution is 2.23. The van der Waals surface area contributed by atoms with Crippen molar-refractivity contribution in [2.75, 3.05) is 23.3 Å². The summed E-state index contributed by atoms with van der Waals surface area (Å²) in [6.45, 7) is 12.0. The third-order valence-electron chi connectivity index (χ3n) is 3.55. The van der Waals surface area contributed by atoms with E-state index in [1.165, 1.54) is 18.2 Å². The van der Waals surface area contributed by atoms with Gasteiger partial charge in [0.05, 0.1) is 16.7 Å². The van der Waals surface area contributed by atoms with E-state index in [1.54, 1.807) is 19.1 Å². The Morgan fingerprint density at radius 2 is 1.97 bits per heavy atom. The first-order valence-electron chi connectivity index (χ1n) is 9.16. The van der Waals surface area contributed by atoms with Gasteiger partial charge in [0, 0.05) is 12.1 Å². The van der Waals surface area contributed by atoms with E-state index in [1.807, 2.05) is 15.9 Å². The van der Waals surface area contributed by atoms with Crippen LogP contribution in [0, 0.1) is 5.82 Å². The molecule has 2 rings (SSSR count). The topological polar surface area (TPSA) is 140 Å². The molecule has 0 saturated carbocycles. The van der Waals surface area contributed by atoms with Gasteiger partial charge in [0.15, 0.2) is 17.4 Å². The highest BCUT2D eigenvalue weighted by Gasteiger charge is 2.16. The van der Waals surface area contributed by atoms with Crippen LogP contribution in [0.15, 0.2) is 74.7 Å². The molecule has 5 N–H and O–H groups in total. The number of nitrogens with one attached hydrogen (secondary N) is 3. The smallest absolute Gasteiger partial charge is 0.202 e. The molecule has 180 valence electrons. The second-order valence-corrected chi connectivity index (χ2v) is 6.20. The molecule has 0 unspecified atom stereocenters. The van der Waals surface area contributed by atoms with Crippen molar-refractivity contribution in [2.24, 2.45) is 9.98 Å². The molecule has 1 heterocycles. The fraction of sp³-hybridized carbons (Fsp3) is 0.200. The molecule has 2 aromatic rings. The van der Waals surface area contributed by atoms with E-state index in [4.69, 9.17) is 9.84 Å². The molecule has 0 aliphatic rings. The Bertz CT molecular complexity index is 967. The van der Waals surface area contributed by atoms with Gasteiger partial charge >= 0.3 is 0 Å². The molecule has 33 heavy (non-hydrogen) atoms. The number of rotatable bonds is 8. The molecule has 0 saturated heterocycles. The maximum absolute atomic E-state index is 13.4. The Hall–Kier alpha value is -2.62. The summed E-state index contributed by atoms with van der Waals surface area (Å²) < 4.78 is 18.3. The summed E-state index contributed by atoms with van der Waals surface area (Å²) in [6, 6.07) is 4.09. The zero-order valence-electron chi connectivity index (χ0n) is 18.1. The zero-order valence-corrected chi connectivity index (χ0v) is 21.9. The molecule has 0 spiro atoms. The number of halogens is 3. The molecule has 1 aromatic heterocycles. The molecule has 0 bridgehead atoms. The Kier molecular flexibility index (Phi) is 16.5. The van der Waals surface area contributed by atoms with Crippen LogP contribution < -0.4 is 16.3 Å². The van der Waals surface area contributed by atoms with Gasteiger partial charge in [-0.2, -0.15) is 0 Å². The maximum atomic E-state index is 13.4. The van der Waals surface area contributed by atoms with Crippen molar-refractivity contribution in [3.8, 4) is 0 Å². The Morgan fingerprint density at radius 1 is 1.27 bits per heavy atom. The number of anilines is 1. The van der Waals surface area contributed by atoms with Crippen molar-refractivity contribution in [3.63, 3.8) is 0 Å². The number of nitrogens with zero attached hydrogens (tertiary/aromatic N) is 4. The standard InChI is InChI=1S/C17H19BrFN7O3.C2H4.CH3I/c1-3-10(4-2)15(23-27)20-7-8-21-16-14(25-29-26-16)17(24-28)22-11-5-6-13(19)12(18)9-11;2*1-2/h3-6,9,27-28H,1,7-8H2,2H3,(H,20,23)(H,21,26)(H,22,24);1-2H2;1H3/b10-4+;;. The highest BCUT2D eigenvalue weighted by atomic mass is 127. The number of aliphatic imine (C=N–C) groups is 2. The lowest BCUT2D eigenvalue weighted by Gasteiger charge is -2.07. The van der Waals surface area contributed by atoms with Gasteiger partial charge in [0.25, 0.3) is 0 Å². The minimum Gasteiger partial charge on any atom is -0.363 e. The van der Waals surface area contributed by atoms with E-state index in [-0.39, 0.29) is 34.2 Å². The minimum atomic E-state index is -0.442. The first-order chi connectivity index (χ1) is 16.0. The van der Waals surface area contributed by atoms with Crippen LogP contribution in [0.5, 0.6) is 0 Å². The number of hydrogen-bond acceptors (Lipinski definition) is 8. The maximum Gasteiger partial charge on any atom is 0.202 e. The zero-order chi connectivity index (χ0) is 25.2. The lowest BCUT2D eigenvalue weighted by Crippen LogP contribution is -2.23. The normalized spacial score (nSPS) is 11.4. The van der Waals surface area contributed by atoms with Crippen molar-refractivity contribution in [3.05, 3.63) is 71.6 Å². The van der Waals surface area contributed by atoms with Crippen molar-refractivity contribution in [1.82, 2.24) is 21.3 Å². The van der Waals surface area contributed by atoms with E-state index in [0.29, 0.717) is 17.8 Å². The van der Waals surface area contributed by atoms with Gasteiger partial charge in [0.1, 0.15) is 5.82 Å². The average molecular weight is 638 g/mol. The highest BCUT2D eigenvalue weighted by molar-refractivity contribution is 14.1. The summed E-state index contributed by atoms with van der Waals surface area (Å²) >= 11 is 5.22. The summed E-state index contributed by atoms with van der Waals surface area (Å²) in [4.78, 5) is 10.3. The average Bonchev–Trinajstić information content (AvgIpc) is 3.32. The Morgan fingerprint density at radius 3 is 2.52 bits per heavy atom. The van der Waals surface area contributed by atoms with Gasteiger partial charge in [-0.25, -0.2) is 14.0 Å². The number of allylic oxidation sites excluding steroid dienone is 1. The molecule has 0 aliphatic heterocycles. The lowest BCUT2D eigenvalue weighted by atomic mass is 10.2. The predicted octanol–water partition coefficient (Wildman–Crippen LogP) is 4.80. The van der Waals surface area contributed by atoms with E-state index in [0.717, 1.165) is 0 Å². The van der Waals surface area contributed by atoms with E-state index < -0.39 is 5.82 Å². The summed E-state index contributed by atoms with van der Waals surface area (Å²) in [7, 11) is 0. The second-order valence-electron chi connectivity index (χ2n) is 5.35. The molecular formula is C20H26BrFIN7O3. The van der Waals surface area contributed by atoms with E-state index in [2.05, 4.69) is 83.9 Å². The van der Waals surface area contributed by atoms with Crippen LogP contribution in [-0.2, 0) is 0 Å². The monoisotopic (exact) mass is 637 g/mol. The van der Waals surface area contributed by atoms with Gasteiger partial charge < -0.3 is 5.32 Å². The molecule has 0 amide bonds. The van der Waals surface area contributed by atoms with Gasteiger partial charge in [-0.1, -0.05) is 41.3 Å². The predicted molar refractivity (Wildman–Crippen MR) is 140 cm³/mol. The SMILES string of the molecule is C=C.C=C/C(=C\C)C(=NCCNc1nonc1C(=Nc1ccc(F)c(Br)c1)NO)NO.CI. The molecule has 13 heteroatoms. The van der Waals surface area contributed by atoms with Crippen LogP contribution in [0.25, 0.3) is 0 Å². The summed E-state index contributed by atoms with van der Waals surface area (Å²) in [6.07, 6.45) is 3.30. The largest absolute Gasteiger partial charge is 0.363 e. The van der Waals surface area contributed by atoms with Crippen molar-refractivity contribution < 1.29 is 19.4 Å². The molecule has 10 nitrogen and oxygen atoms in total.